The maximum absolute atomic E-state index is 11.1. The molecular weight excluding hydrogens is 228 g/mol. The van der Waals surface area contributed by atoms with Crippen molar-refractivity contribution in [2.75, 3.05) is 19.3 Å². The Morgan fingerprint density at radius 1 is 1.44 bits per heavy atom. The maximum atomic E-state index is 11.1. The third-order valence-electron chi connectivity index (χ3n) is 2.43. The lowest BCUT2D eigenvalue weighted by atomic mass is 10.2. The van der Waals surface area contributed by atoms with Crippen molar-refractivity contribution in [3.63, 3.8) is 0 Å². The Morgan fingerprint density at radius 2 is 2.12 bits per heavy atom. The van der Waals surface area contributed by atoms with Gasteiger partial charge in [0.15, 0.2) is 0 Å². The van der Waals surface area contributed by atoms with Crippen molar-refractivity contribution >= 4 is 10.0 Å². The molecule has 1 aromatic heterocycles. The Bertz CT molecular complexity index is 481. The van der Waals surface area contributed by atoms with Gasteiger partial charge in [0, 0.05) is 11.8 Å². The fourth-order valence-corrected chi connectivity index (χ4v) is 2.37. The van der Waals surface area contributed by atoms with Gasteiger partial charge in [-0.3, -0.25) is 0 Å². The van der Waals surface area contributed by atoms with Crippen molar-refractivity contribution in [3.8, 4) is 5.88 Å². The summed E-state index contributed by atoms with van der Waals surface area (Å²) in [5, 5.41) is 0. The lowest BCUT2D eigenvalue weighted by molar-refractivity contribution is 0.0725. The highest BCUT2D eigenvalue weighted by atomic mass is 32.2. The van der Waals surface area contributed by atoms with E-state index in [0.717, 1.165) is 5.69 Å². The standard InChI is InChI=1S/C10H14N2O3S/c1-8-4-3-5-10(11-8)15-9-6-12(7-9)16(2,13)14/h3-5,9H,6-7H2,1-2H3. The number of hydrogen-bond donors (Lipinski definition) is 0. The number of ether oxygens (including phenoxy) is 1. The van der Waals surface area contributed by atoms with Gasteiger partial charge in [0.2, 0.25) is 15.9 Å². The average molecular weight is 242 g/mol. The van der Waals surface area contributed by atoms with Crippen LogP contribution in [-0.4, -0.2) is 43.2 Å². The molecule has 0 amide bonds. The van der Waals surface area contributed by atoms with Crippen LogP contribution in [0.5, 0.6) is 5.88 Å². The SMILES string of the molecule is Cc1cccc(OC2CN(S(C)(=O)=O)C2)n1. The molecule has 0 spiro atoms. The number of aryl methyl sites for hydroxylation is 1. The lowest BCUT2D eigenvalue weighted by Gasteiger charge is -2.36. The first-order chi connectivity index (χ1) is 7.45. The molecule has 2 rings (SSSR count). The zero-order chi connectivity index (χ0) is 11.8. The van der Waals surface area contributed by atoms with Crippen LogP contribution >= 0.6 is 0 Å². The quantitative estimate of drug-likeness (QED) is 0.770. The Morgan fingerprint density at radius 3 is 2.69 bits per heavy atom. The Hall–Kier alpha value is -1.14. The Balaban J connectivity index is 1.91. The summed E-state index contributed by atoms with van der Waals surface area (Å²) in [7, 11) is -3.07. The third kappa shape index (κ3) is 2.51. The summed E-state index contributed by atoms with van der Waals surface area (Å²) in [6.45, 7) is 2.71. The van der Waals surface area contributed by atoms with E-state index in [1.54, 1.807) is 6.07 Å². The molecule has 0 aromatic carbocycles. The molecule has 1 aromatic rings. The van der Waals surface area contributed by atoms with Crippen molar-refractivity contribution in [1.82, 2.24) is 9.29 Å². The van der Waals surface area contributed by atoms with E-state index in [2.05, 4.69) is 4.98 Å². The van der Waals surface area contributed by atoms with Crippen molar-refractivity contribution in [2.45, 2.75) is 13.0 Å². The summed E-state index contributed by atoms with van der Waals surface area (Å²) in [6.07, 6.45) is 1.12. The van der Waals surface area contributed by atoms with Gasteiger partial charge in [-0.15, -0.1) is 0 Å². The van der Waals surface area contributed by atoms with Gasteiger partial charge in [0.1, 0.15) is 6.10 Å². The molecule has 1 saturated heterocycles. The second-order valence-corrected chi connectivity index (χ2v) is 5.92. The van der Waals surface area contributed by atoms with Crippen LogP contribution in [0, 0.1) is 6.92 Å². The van der Waals surface area contributed by atoms with Gasteiger partial charge in [-0.25, -0.2) is 13.4 Å². The van der Waals surface area contributed by atoms with E-state index in [0.29, 0.717) is 19.0 Å². The highest BCUT2D eigenvalue weighted by Crippen LogP contribution is 2.18. The molecule has 0 N–H and O–H groups in total. The monoisotopic (exact) mass is 242 g/mol. The van der Waals surface area contributed by atoms with Gasteiger partial charge in [0.25, 0.3) is 0 Å². The fraction of sp³-hybridized carbons (Fsp3) is 0.500. The predicted octanol–water partition coefficient (Wildman–Crippen LogP) is 0.413. The van der Waals surface area contributed by atoms with Crippen LogP contribution in [0.25, 0.3) is 0 Å². The number of rotatable bonds is 3. The minimum absolute atomic E-state index is 0.0796. The molecule has 1 aliphatic rings. The largest absolute Gasteiger partial charge is 0.472 e. The number of aromatic nitrogens is 1. The van der Waals surface area contributed by atoms with Gasteiger partial charge < -0.3 is 4.74 Å². The topological polar surface area (TPSA) is 59.5 Å². The van der Waals surface area contributed by atoms with E-state index in [1.165, 1.54) is 10.6 Å². The molecule has 0 radical (unpaired) electrons. The van der Waals surface area contributed by atoms with E-state index < -0.39 is 10.0 Å². The molecular formula is C10H14N2O3S. The smallest absolute Gasteiger partial charge is 0.213 e. The molecule has 0 unspecified atom stereocenters. The molecule has 0 atom stereocenters. The molecule has 0 bridgehead atoms. The van der Waals surface area contributed by atoms with Crippen molar-refractivity contribution < 1.29 is 13.2 Å². The summed E-state index contributed by atoms with van der Waals surface area (Å²) in [5.41, 5.74) is 0.886. The first-order valence-electron chi connectivity index (χ1n) is 5.00. The van der Waals surface area contributed by atoms with Gasteiger partial charge in [-0.2, -0.15) is 4.31 Å². The summed E-state index contributed by atoms with van der Waals surface area (Å²) in [5.74, 6) is 0.554. The predicted molar refractivity (Wildman–Crippen MR) is 59.8 cm³/mol. The molecule has 88 valence electrons. The highest BCUT2D eigenvalue weighted by Gasteiger charge is 2.34. The van der Waals surface area contributed by atoms with E-state index in [4.69, 9.17) is 4.74 Å². The summed E-state index contributed by atoms with van der Waals surface area (Å²) in [4.78, 5) is 4.19. The average Bonchev–Trinajstić information content (AvgIpc) is 2.08. The first kappa shape index (κ1) is 11.3. The van der Waals surface area contributed by atoms with Crippen molar-refractivity contribution in [3.05, 3.63) is 23.9 Å². The highest BCUT2D eigenvalue weighted by molar-refractivity contribution is 7.88. The molecule has 0 saturated carbocycles. The minimum atomic E-state index is -3.07. The third-order valence-corrected chi connectivity index (χ3v) is 3.67. The summed E-state index contributed by atoms with van der Waals surface area (Å²) < 4.78 is 29.2. The number of pyridine rings is 1. The second kappa shape index (κ2) is 4.03. The fourth-order valence-electron chi connectivity index (χ4n) is 1.50. The maximum Gasteiger partial charge on any atom is 0.213 e. The van der Waals surface area contributed by atoms with E-state index in [1.807, 2.05) is 19.1 Å². The number of sulfonamides is 1. The van der Waals surface area contributed by atoms with Crippen molar-refractivity contribution in [1.29, 1.82) is 0 Å². The van der Waals surface area contributed by atoms with Gasteiger partial charge >= 0.3 is 0 Å². The molecule has 1 fully saturated rings. The van der Waals surface area contributed by atoms with E-state index in [9.17, 15) is 8.42 Å². The molecule has 0 aliphatic carbocycles. The lowest BCUT2D eigenvalue weighted by Crippen LogP contribution is -2.55. The van der Waals surface area contributed by atoms with Crippen LogP contribution in [0.15, 0.2) is 18.2 Å². The number of nitrogens with zero attached hydrogens (tertiary/aromatic N) is 2. The minimum Gasteiger partial charge on any atom is -0.472 e. The number of hydrogen-bond acceptors (Lipinski definition) is 4. The zero-order valence-corrected chi connectivity index (χ0v) is 10.1. The first-order valence-corrected chi connectivity index (χ1v) is 6.85. The molecule has 5 nitrogen and oxygen atoms in total. The molecule has 16 heavy (non-hydrogen) atoms. The Kier molecular flexibility index (Phi) is 2.86. The van der Waals surface area contributed by atoms with E-state index >= 15 is 0 Å². The molecule has 6 heteroatoms. The second-order valence-electron chi connectivity index (χ2n) is 3.94. The van der Waals surface area contributed by atoms with Crippen LogP contribution in [0.3, 0.4) is 0 Å². The van der Waals surface area contributed by atoms with Crippen LogP contribution in [0.2, 0.25) is 0 Å². The summed E-state index contributed by atoms with van der Waals surface area (Å²) >= 11 is 0. The van der Waals surface area contributed by atoms with Gasteiger partial charge in [-0.05, 0) is 13.0 Å². The normalized spacial score (nSPS) is 18.1. The molecule has 1 aliphatic heterocycles. The zero-order valence-electron chi connectivity index (χ0n) is 9.25. The van der Waals surface area contributed by atoms with E-state index in [-0.39, 0.29) is 6.10 Å². The molecule has 2 heterocycles. The Labute approximate surface area is 95.1 Å². The van der Waals surface area contributed by atoms with Crippen LogP contribution in [0.1, 0.15) is 5.69 Å². The van der Waals surface area contributed by atoms with Crippen LogP contribution < -0.4 is 4.74 Å². The van der Waals surface area contributed by atoms with Gasteiger partial charge in [-0.1, -0.05) is 6.07 Å². The van der Waals surface area contributed by atoms with Crippen LogP contribution in [-0.2, 0) is 10.0 Å². The van der Waals surface area contributed by atoms with Crippen LogP contribution in [0.4, 0.5) is 0 Å². The van der Waals surface area contributed by atoms with Gasteiger partial charge in [0.05, 0.1) is 19.3 Å². The van der Waals surface area contributed by atoms with Crippen molar-refractivity contribution in [2.24, 2.45) is 0 Å². The summed E-state index contributed by atoms with van der Waals surface area (Å²) in [6, 6.07) is 5.53.